The molecule has 1 amide bonds. The number of rotatable bonds is 6. The van der Waals surface area contributed by atoms with E-state index in [-0.39, 0.29) is 11.4 Å². The number of hydrogen-bond acceptors (Lipinski definition) is 5. The monoisotopic (exact) mass is 519 g/mol. The van der Waals surface area contributed by atoms with Gasteiger partial charge in [0, 0.05) is 8.95 Å². The molecular formula is C19H15Br2N5O3. The molecule has 0 bridgehead atoms. The first-order valence-electron chi connectivity index (χ1n) is 8.40. The van der Waals surface area contributed by atoms with E-state index < -0.39 is 10.8 Å². The summed E-state index contributed by atoms with van der Waals surface area (Å²) >= 11 is 6.71. The minimum absolute atomic E-state index is 0.292. The van der Waals surface area contributed by atoms with Crippen molar-refractivity contribution in [2.45, 2.75) is 13.5 Å². The van der Waals surface area contributed by atoms with Crippen LogP contribution in [0.1, 0.15) is 28.5 Å². The summed E-state index contributed by atoms with van der Waals surface area (Å²) in [7, 11) is 0. The van der Waals surface area contributed by atoms with Crippen LogP contribution in [-0.4, -0.2) is 26.3 Å². The van der Waals surface area contributed by atoms with E-state index in [9.17, 15) is 14.9 Å². The zero-order chi connectivity index (χ0) is 21.0. The van der Waals surface area contributed by atoms with Gasteiger partial charge in [0.1, 0.15) is 6.20 Å². The third-order valence-corrected chi connectivity index (χ3v) is 5.06. The lowest BCUT2D eigenvalue weighted by atomic mass is 10.1. The number of hydrazone groups is 1. The number of hydrogen-bond donors (Lipinski definition) is 1. The molecule has 8 nitrogen and oxygen atoms in total. The van der Waals surface area contributed by atoms with Crippen molar-refractivity contribution in [3.8, 4) is 0 Å². The highest BCUT2D eigenvalue weighted by Crippen LogP contribution is 2.18. The summed E-state index contributed by atoms with van der Waals surface area (Å²) in [5.41, 5.74) is 3.93. The first-order chi connectivity index (χ1) is 13.8. The fraction of sp³-hybridized carbons (Fsp3) is 0.105. The van der Waals surface area contributed by atoms with Crippen molar-refractivity contribution in [3.63, 3.8) is 0 Å². The highest BCUT2D eigenvalue weighted by atomic mass is 79.9. The van der Waals surface area contributed by atoms with Crippen molar-refractivity contribution in [2.75, 3.05) is 0 Å². The summed E-state index contributed by atoms with van der Waals surface area (Å²) in [6, 6.07) is 14.8. The predicted molar refractivity (Wildman–Crippen MR) is 116 cm³/mol. The van der Waals surface area contributed by atoms with Gasteiger partial charge >= 0.3 is 5.69 Å². The third-order valence-electron chi connectivity index (χ3n) is 4.00. The van der Waals surface area contributed by atoms with Gasteiger partial charge in [-0.15, -0.1) is 0 Å². The Morgan fingerprint density at radius 3 is 2.31 bits per heavy atom. The first kappa shape index (κ1) is 20.9. The molecule has 0 aliphatic rings. The number of benzene rings is 2. The fourth-order valence-corrected chi connectivity index (χ4v) is 3.04. The molecule has 0 radical (unpaired) electrons. The van der Waals surface area contributed by atoms with Crippen LogP contribution in [0.25, 0.3) is 0 Å². The molecule has 0 saturated carbocycles. The molecule has 0 unspecified atom stereocenters. The quantitative estimate of drug-likeness (QED) is 0.293. The minimum atomic E-state index is -0.747. The molecular weight excluding hydrogens is 506 g/mol. The maximum atomic E-state index is 12.5. The Labute approximate surface area is 183 Å². The van der Waals surface area contributed by atoms with Crippen molar-refractivity contribution in [3.05, 3.63) is 90.6 Å². The van der Waals surface area contributed by atoms with Crippen molar-refractivity contribution < 1.29 is 9.72 Å². The van der Waals surface area contributed by atoms with Crippen LogP contribution >= 0.6 is 31.9 Å². The van der Waals surface area contributed by atoms with E-state index in [0.29, 0.717) is 12.3 Å². The molecule has 148 valence electrons. The number of nitro groups is 1. The number of nitrogens with one attached hydrogen (secondary N) is 1. The number of amides is 1. The van der Waals surface area contributed by atoms with Crippen LogP contribution in [0, 0.1) is 10.1 Å². The van der Waals surface area contributed by atoms with Crippen molar-refractivity contribution >= 4 is 49.2 Å². The van der Waals surface area contributed by atoms with E-state index in [0.717, 1.165) is 20.1 Å². The van der Waals surface area contributed by atoms with E-state index in [4.69, 9.17) is 0 Å². The lowest BCUT2D eigenvalue weighted by molar-refractivity contribution is -0.385. The van der Waals surface area contributed by atoms with Gasteiger partial charge in [0.05, 0.1) is 17.2 Å². The van der Waals surface area contributed by atoms with E-state index in [1.165, 1.54) is 10.9 Å². The van der Waals surface area contributed by atoms with Crippen LogP contribution in [0.5, 0.6) is 0 Å². The number of carbonyl (C=O) groups is 1. The van der Waals surface area contributed by atoms with Crippen molar-refractivity contribution in [1.82, 2.24) is 15.2 Å². The van der Waals surface area contributed by atoms with E-state index in [2.05, 4.69) is 47.5 Å². The average molecular weight is 521 g/mol. The second kappa shape index (κ2) is 9.10. The molecule has 0 saturated heterocycles. The van der Waals surface area contributed by atoms with E-state index >= 15 is 0 Å². The molecule has 3 aromatic rings. The molecule has 1 aromatic heterocycles. The molecule has 0 atom stereocenters. The normalized spacial score (nSPS) is 11.3. The summed E-state index contributed by atoms with van der Waals surface area (Å²) in [6.45, 7) is 2.02. The minimum Gasteiger partial charge on any atom is -0.265 e. The highest BCUT2D eigenvalue weighted by Gasteiger charge is 2.25. The number of carbonyl (C=O) groups excluding carboxylic acids is 1. The number of aromatic nitrogens is 2. The summed E-state index contributed by atoms with van der Waals surface area (Å²) in [6.07, 6.45) is 1.24. The molecule has 0 aliphatic heterocycles. The van der Waals surface area contributed by atoms with Crippen LogP contribution in [0.4, 0.5) is 5.69 Å². The second-order valence-electron chi connectivity index (χ2n) is 6.09. The molecule has 10 heteroatoms. The molecule has 0 fully saturated rings. The van der Waals surface area contributed by atoms with E-state index in [1.807, 2.05) is 48.5 Å². The Morgan fingerprint density at radius 2 is 1.72 bits per heavy atom. The third kappa shape index (κ3) is 5.36. The maximum Gasteiger partial charge on any atom is 0.320 e. The van der Waals surface area contributed by atoms with Crippen LogP contribution in [0.2, 0.25) is 0 Å². The molecule has 1 N–H and O–H groups in total. The molecule has 2 aromatic carbocycles. The van der Waals surface area contributed by atoms with Crippen molar-refractivity contribution in [2.24, 2.45) is 5.10 Å². The van der Waals surface area contributed by atoms with Gasteiger partial charge in [-0.3, -0.25) is 19.6 Å². The Morgan fingerprint density at radius 1 is 1.14 bits per heavy atom. The van der Waals surface area contributed by atoms with Gasteiger partial charge in [-0.05, 0) is 42.3 Å². The molecule has 29 heavy (non-hydrogen) atoms. The Hall–Kier alpha value is -2.85. The second-order valence-corrected chi connectivity index (χ2v) is 7.92. The van der Waals surface area contributed by atoms with Gasteiger partial charge in [0.2, 0.25) is 5.69 Å². The molecule has 0 spiro atoms. The zero-order valence-corrected chi connectivity index (χ0v) is 18.3. The Balaban J connectivity index is 1.79. The van der Waals surface area contributed by atoms with Crippen LogP contribution in [0.15, 0.2) is 68.8 Å². The van der Waals surface area contributed by atoms with Crippen LogP contribution in [0.3, 0.4) is 0 Å². The van der Waals surface area contributed by atoms with Gasteiger partial charge in [0.25, 0.3) is 5.91 Å². The largest absolute Gasteiger partial charge is 0.320 e. The number of halogens is 2. The average Bonchev–Trinajstić information content (AvgIpc) is 3.12. The van der Waals surface area contributed by atoms with Crippen LogP contribution in [-0.2, 0) is 6.54 Å². The standard InChI is InChI=1S/C19H15Br2N5O3/c1-12(14-4-8-16(21)9-5-14)22-23-19(27)18-17(26(28)29)11-25(24-18)10-13-2-6-15(20)7-3-13/h2-9,11H,10H2,1H3,(H,23,27)/b22-12-. The maximum absolute atomic E-state index is 12.5. The van der Waals surface area contributed by atoms with Crippen LogP contribution < -0.4 is 5.43 Å². The first-order valence-corrected chi connectivity index (χ1v) is 9.99. The van der Waals surface area contributed by atoms with Crippen molar-refractivity contribution in [1.29, 1.82) is 0 Å². The smallest absolute Gasteiger partial charge is 0.265 e. The summed E-state index contributed by atoms with van der Waals surface area (Å²) < 4.78 is 3.21. The predicted octanol–water partition coefficient (Wildman–Crippen LogP) is 4.52. The summed E-state index contributed by atoms with van der Waals surface area (Å²) in [4.78, 5) is 23.2. The molecule has 3 rings (SSSR count). The topological polar surface area (TPSA) is 102 Å². The van der Waals surface area contributed by atoms with Gasteiger partial charge in [-0.1, -0.05) is 56.1 Å². The van der Waals surface area contributed by atoms with Gasteiger partial charge < -0.3 is 0 Å². The Bertz CT molecular complexity index is 1080. The van der Waals surface area contributed by atoms with E-state index in [1.54, 1.807) is 6.92 Å². The van der Waals surface area contributed by atoms with Gasteiger partial charge in [-0.2, -0.15) is 10.2 Å². The summed E-state index contributed by atoms with van der Waals surface area (Å²) in [5, 5.41) is 19.5. The lowest BCUT2D eigenvalue weighted by Crippen LogP contribution is -2.21. The SMILES string of the molecule is C/C(=N/NC(=O)c1nn(Cc2ccc(Br)cc2)cc1[N+](=O)[O-])c1ccc(Br)cc1. The summed E-state index contributed by atoms with van der Waals surface area (Å²) in [5.74, 6) is -0.747. The molecule has 1 heterocycles. The highest BCUT2D eigenvalue weighted by molar-refractivity contribution is 9.10. The zero-order valence-electron chi connectivity index (χ0n) is 15.2. The number of nitrogens with zero attached hydrogens (tertiary/aromatic N) is 4. The Kier molecular flexibility index (Phi) is 6.55. The lowest BCUT2D eigenvalue weighted by Gasteiger charge is -2.02. The molecule has 0 aliphatic carbocycles. The van der Waals surface area contributed by atoms with Gasteiger partial charge in [0.15, 0.2) is 0 Å². The fourth-order valence-electron chi connectivity index (χ4n) is 2.51. The van der Waals surface area contributed by atoms with Gasteiger partial charge in [-0.25, -0.2) is 5.43 Å².